The molecule has 0 unspecified atom stereocenters. The van der Waals surface area contributed by atoms with E-state index in [1.54, 1.807) is 25.1 Å². The summed E-state index contributed by atoms with van der Waals surface area (Å²) in [5.74, 6) is -1.25. The Morgan fingerprint density at radius 1 is 1.00 bits per heavy atom. The fourth-order valence-corrected chi connectivity index (χ4v) is 5.66. The molecule has 0 aliphatic heterocycles. The number of benzene rings is 3. The highest BCUT2D eigenvalue weighted by molar-refractivity contribution is 7.92. The van der Waals surface area contributed by atoms with Crippen molar-refractivity contribution in [3.05, 3.63) is 94.5 Å². The number of likely N-dealkylation sites (N-methyl/N-ethyl adjacent to an activating group) is 1. The number of amides is 2. The maximum atomic E-state index is 13.8. The van der Waals surface area contributed by atoms with E-state index in [-0.39, 0.29) is 11.4 Å². The average Bonchev–Trinajstić information content (AvgIpc) is 2.91. The van der Waals surface area contributed by atoms with Crippen LogP contribution in [-0.4, -0.2) is 44.3 Å². The molecule has 0 aromatic heterocycles. The van der Waals surface area contributed by atoms with Crippen molar-refractivity contribution in [2.45, 2.75) is 44.4 Å². The van der Waals surface area contributed by atoms with E-state index in [1.807, 2.05) is 19.1 Å². The molecule has 40 heavy (non-hydrogen) atoms. The van der Waals surface area contributed by atoms with Crippen LogP contribution in [-0.2, 0) is 32.3 Å². The van der Waals surface area contributed by atoms with Gasteiger partial charge in [-0.1, -0.05) is 54.1 Å². The van der Waals surface area contributed by atoms with E-state index < -0.39 is 56.9 Å². The van der Waals surface area contributed by atoms with Gasteiger partial charge in [-0.3, -0.25) is 13.9 Å². The van der Waals surface area contributed by atoms with Crippen molar-refractivity contribution in [3.63, 3.8) is 0 Å². The van der Waals surface area contributed by atoms with Crippen LogP contribution < -0.4 is 9.62 Å². The van der Waals surface area contributed by atoms with Crippen molar-refractivity contribution < 1.29 is 31.2 Å². The lowest BCUT2D eigenvalue weighted by atomic mass is 10.1. The standard InChI is InChI=1S/C28H29ClF3N3O4S/c1-4-33-27(37)20(3)34(17-21-11-9-8-10-19(21)2)26(36)18-35(40(38,39)23-12-6-5-7-13-23)22-14-15-25(29)24(16-22)28(30,31)32/h5-16,20H,4,17-18H2,1-3H3,(H,33,37)/t20-/m1/s1. The van der Waals surface area contributed by atoms with Gasteiger partial charge in [-0.15, -0.1) is 0 Å². The summed E-state index contributed by atoms with van der Waals surface area (Å²) in [5, 5.41) is 2.03. The van der Waals surface area contributed by atoms with Gasteiger partial charge in [0, 0.05) is 13.1 Å². The van der Waals surface area contributed by atoms with Crippen molar-refractivity contribution in [1.29, 1.82) is 0 Å². The normalized spacial score (nSPS) is 12.5. The molecule has 0 aliphatic carbocycles. The topological polar surface area (TPSA) is 86.8 Å². The van der Waals surface area contributed by atoms with Crippen molar-refractivity contribution in [2.75, 3.05) is 17.4 Å². The Morgan fingerprint density at radius 3 is 2.23 bits per heavy atom. The van der Waals surface area contributed by atoms with Gasteiger partial charge in [0.25, 0.3) is 10.0 Å². The zero-order valence-corrected chi connectivity index (χ0v) is 23.6. The summed E-state index contributed by atoms with van der Waals surface area (Å²) in [6.07, 6.45) is -4.87. The second-order valence-corrected chi connectivity index (χ2v) is 11.3. The molecule has 0 heterocycles. The number of rotatable bonds is 10. The first-order chi connectivity index (χ1) is 18.8. The molecule has 1 N–H and O–H groups in total. The lowest BCUT2D eigenvalue weighted by Gasteiger charge is -2.32. The van der Waals surface area contributed by atoms with Gasteiger partial charge in [0.2, 0.25) is 11.8 Å². The zero-order chi connectivity index (χ0) is 29.7. The summed E-state index contributed by atoms with van der Waals surface area (Å²) in [5.41, 5.74) is -0.102. The number of alkyl halides is 3. The second-order valence-electron chi connectivity index (χ2n) is 9.01. The van der Waals surface area contributed by atoms with Crippen LogP contribution in [0, 0.1) is 6.92 Å². The van der Waals surface area contributed by atoms with Crippen LogP contribution in [0.3, 0.4) is 0 Å². The van der Waals surface area contributed by atoms with Crippen LogP contribution in [0.25, 0.3) is 0 Å². The summed E-state index contributed by atoms with van der Waals surface area (Å²) < 4.78 is 69.1. The summed E-state index contributed by atoms with van der Waals surface area (Å²) in [6, 6.07) is 15.8. The van der Waals surface area contributed by atoms with Gasteiger partial charge < -0.3 is 10.2 Å². The molecule has 7 nitrogen and oxygen atoms in total. The minimum absolute atomic E-state index is 0.0303. The molecular formula is C28H29ClF3N3O4S. The molecule has 0 bridgehead atoms. The van der Waals surface area contributed by atoms with E-state index in [2.05, 4.69) is 5.32 Å². The fourth-order valence-electron chi connectivity index (χ4n) is 4.01. The smallest absolute Gasteiger partial charge is 0.355 e. The summed E-state index contributed by atoms with van der Waals surface area (Å²) >= 11 is 5.78. The quantitative estimate of drug-likeness (QED) is 0.339. The molecule has 214 valence electrons. The number of halogens is 4. The SMILES string of the molecule is CCNC(=O)[C@@H](C)N(Cc1ccccc1C)C(=O)CN(c1ccc(Cl)c(C(F)(F)F)c1)S(=O)(=O)c1ccccc1. The predicted octanol–water partition coefficient (Wildman–Crippen LogP) is 5.42. The fraction of sp³-hybridized carbons (Fsp3) is 0.286. The first-order valence-electron chi connectivity index (χ1n) is 12.3. The van der Waals surface area contributed by atoms with Gasteiger partial charge in [0.15, 0.2) is 0 Å². The number of anilines is 1. The third-order valence-corrected chi connectivity index (χ3v) is 8.39. The summed E-state index contributed by atoms with van der Waals surface area (Å²) in [4.78, 5) is 27.5. The molecule has 3 aromatic carbocycles. The Labute approximate surface area is 236 Å². The van der Waals surface area contributed by atoms with E-state index in [0.717, 1.165) is 23.3 Å². The van der Waals surface area contributed by atoms with Crippen molar-refractivity contribution in [2.24, 2.45) is 0 Å². The number of hydrogen-bond acceptors (Lipinski definition) is 4. The third kappa shape index (κ3) is 7.14. The molecule has 1 atom stereocenters. The first kappa shape index (κ1) is 31.0. The number of sulfonamides is 1. The molecule has 0 radical (unpaired) electrons. The van der Waals surface area contributed by atoms with Crippen LogP contribution in [0.2, 0.25) is 5.02 Å². The van der Waals surface area contributed by atoms with E-state index in [9.17, 15) is 31.2 Å². The molecule has 0 spiro atoms. The minimum Gasteiger partial charge on any atom is -0.355 e. The van der Waals surface area contributed by atoms with Gasteiger partial charge in [-0.05, 0) is 62.2 Å². The lowest BCUT2D eigenvalue weighted by molar-refractivity contribution is -0.139. The van der Waals surface area contributed by atoms with Crippen molar-refractivity contribution in [1.82, 2.24) is 10.2 Å². The highest BCUT2D eigenvalue weighted by atomic mass is 35.5. The Morgan fingerprint density at radius 2 is 1.62 bits per heavy atom. The van der Waals surface area contributed by atoms with Crippen LogP contribution in [0.15, 0.2) is 77.7 Å². The molecule has 0 aliphatic rings. The number of aryl methyl sites for hydroxylation is 1. The van der Waals surface area contributed by atoms with Gasteiger partial charge in [-0.25, -0.2) is 8.42 Å². The van der Waals surface area contributed by atoms with E-state index in [4.69, 9.17) is 11.6 Å². The highest BCUT2D eigenvalue weighted by Gasteiger charge is 2.37. The Balaban J connectivity index is 2.12. The van der Waals surface area contributed by atoms with E-state index >= 15 is 0 Å². The zero-order valence-electron chi connectivity index (χ0n) is 22.1. The number of nitrogens with zero attached hydrogens (tertiary/aromatic N) is 2. The average molecular weight is 596 g/mol. The molecule has 0 saturated heterocycles. The first-order valence-corrected chi connectivity index (χ1v) is 14.1. The van der Waals surface area contributed by atoms with E-state index in [0.29, 0.717) is 16.9 Å². The molecular weight excluding hydrogens is 567 g/mol. The number of hydrogen-bond donors (Lipinski definition) is 1. The maximum absolute atomic E-state index is 13.8. The highest BCUT2D eigenvalue weighted by Crippen LogP contribution is 2.38. The van der Waals surface area contributed by atoms with Crippen molar-refractivity contribution in [3.8, 4) is 0 Å². The second kappa shape index (κ2) is 12.7. The largest absolute Gasteiger partial charge is 0.417 e. The molecule has 3 rings (SSSR count). The van der Waals surface area contributed by atoms with Gasteiger partial charge in [0.1, 0.15) is 12.6 Å². The van der Waals surface area contributed by atoms with Crippen LogP contribution in [0.4, 0.5) is 18.9 Å². The van der Waals surface area contributed by atoms with Crippen LogP contribution >= 0.6 is 11.6 Å². The number of carbonyl (C=O) groups is 2. The van der Waals surface area contributed by atoms with Crippen LogP contribution in [0.1, 0.15) is 30.5 Å². The van der Waals surface area contributed by atoms with Gasteiger partial charge >= 0.3 is 6.18 Å². The monoisotopic (exact) mass is 595 g/mol. The minimum atomic E-state index is -4.87. The van der Waals surface area contributed by atoms with Gasteiger partial charge in [0.05, 0.1) is 21.2 Å². The lowest BCUT2D eigenvalue weighted by Crippen LogP contribution is -2.51. The third-order valence-electron chi connectivity index (χ3n) is 6.27. The Bertz CT molecular complexity index is 1470. The molecule has 0 saturated carbocycles. The Kier molecular flexibility index (Phi) is 9.86. The molecule has 3 aromatic rings. The number of carbonyl (C=O) groups excluding carboxylic acids is 2. The molecule has 0 fully saturated rings. The Hall–Kier alpha value is -3.57. The summed E-state index contributed by atoms with van der Waals surface area (Å²) in [7, 11) is -4.52. The van der Waals surface area contributed by atoms with Crippen molar-refractivity contribution >= 4 is 39.1 Å². The summed E-state index contributed by atoms with van der Waals surface area (Å²) in [6.45, 7) is 4.44. The predicted molar refractivity (Wildman–Crippen MR) is 147 cm³/mol. The molecule has 2 amide bonds. The van der Waals surface area contributed by atoms with Gasteiger partial charge in [-0.2, -0.15) is 13.2 Å². The maximum Gasteiger partial charge on any atom is 0.417 e. The van der Waals surface area contributed by atoms with Crippen LogP contribution in [0.5, 0.6) is 0 Å². The van der Waals surface area contributed by atoms with E-state index in [1.165, 1.54) is 36.1 Å². The molecule has 12 heteroatoms. The number of nitrogens with one attached hydrogen (secondary N) is 1.